The molecule has 1 saturated carbocycles. The van der Waals surface area contributed by atoms with Crippen LogP contribution in [0.25, 0.3) is 0 Å². The first-order valence-corrected chi connectivity index (χ1v) is 5.98. The summed E-state index contributed by atoms with van der Waals surface area (Å²) in [5, 5.41) is 0. The van der Waals surface area contributed by atoms with Crippen molar-refractivity contribution in [2.75, 3.05) is 0 Å². The van der Waals surface area contributed by atoms with E-state index in [-0.39, 0.29) is 18.4 Å². The van der Waals surface area contributed by atoms with Crippen molar-refractivity contribution in [2.45, 2.75) is 43.3 Å². The monoisotopic (exact) mass is 279 g/mol. The fourth-order valence-corrected chi connectivity index (χ4v) is 2.50. The SMILES string of the molecule is NC1(c2ccccc2C(F)(F)F)CCC(F)(F)CC1. The lowest BCUT2D eigenvalue weighted by molar-refractivity contribution is -0.139. The van der Waals surface area contributed by atoms with Crippen LogP contribution in [0, 0.1) is 0 Å². The Morgan fingerprint density at radius 3 is 2.00 bits per heavy atom. The highest BCUT2D eigenvalue weighted by Gasteiger charge is 2.45. The Bertz CT molecular complexity index is 456. The average molecular weight is 279 g/mol. The molecule has 1 nitrogen and oxygen atoms in total. The highest BCUT2D eigenvalue weighted by molar-refractivity contribution is 5.36. The second-order valence-electron chi connectivity index (χ2n) is 5.06. The van der Waals surface area contributed by atoms with Crippen LogP contribution in [-0.4, -0.2) is 5.92 Å². The molecule has 0 radical (unpaired) electrons. The predicted molar refractivity (Wildman–Crippen MR) is 60.7 cm³/mol. The Kier molecular flexibility index (Phi) is 3.33. The van der Waals surface area contributed by atoms with E-state index in [1.807, 2.05) is 0 Å². The average Bonchev–Trinajstić information content (AvgIpc) is 2.32. The molecule has 0 aliphatic heterocycles. The van der Waals surface area contributed by atoms with Crippen molar-refractivity contribution in [3.05, 3.63) is 35.4 Å². The van der Waals surface area contributed by atoms with Gasteiger partial charge in [0.25, 0.3) is 0 Å². The summed E-state index contributed by atoms with van der Waals surface area (Å²) in [7, 11) is 0. The maximum absolute atomic E-state index is 13.1. The number of benzene rings is 1. The van der Waals surface area contributed by atoms with E-state index in [0.717, 1.165) is 6.07 Å². The van der Waals surface area contributed by atoms with E-state index in [1.54, 1.807) is 0 Å². The number of nitrogens with two attached hydrogens (primary N) is 1. The van der Waals surface area contributed by atoms with Gasteiger partial charge >= 0.3 is 6.18 Å². The smallest absolute Gasteiger partial charge is 0.321 e. The van der Waals surface area contributed by atoms with Gasteiger partial charge in [-0.15, -0.1) is 0 Å². The number of rotatable bonds is 1. The van der Waals surface area contributed by atoms with Crippen molar-refractivity contribution in [3.63, 3.8) is 0 Å². The molecule has 0 saturated heterocycles. The van der Waals surface area contributed by atoms with Gasteiger partial charge in [-0.1, -0.05) is 18.2 Å². The maximum atomic E-state index is 13.1. The molecule has 0 heterocycles. The quantitative estimate of drug-likeness (QED) is 0.770. The molecule has 1 fully saturated rings. The van der Waals surface area contributed by atoms with E-state index < -0.39 is 36.0 Å². The van der Waals surface area contributed by atoms with Gasteiger partial charge < -0.3 is 5.73 Å². The predicted octanol–water partition coefficient (Wildman–Crippen LogP) is 4.07. The minimum atomic E-state index is -4.52. The van der Waals surface area contributed by atoms with Crippen LogP contribution in [0.15, 0.2) is 24.3 Å². The van der Waals surface area contributed by atoms with Gasteiger partial charge in [0.15, 0.2) is 0 Å². The molecule has 1 aliphatic rings. The summed E-state index contributed by atoms with van der Waals surface area (Å²) in [5.41, 5.74) is 3.72. The Morgan fingerprint density at radius 1 is 0.947 bits per heavy atom. The maximum Gasteiger partial charge on any atom is 0.416 e. The number of hydrogen-bond donors (Lipinski definition) is 1. The molecule has 0 unspecified atom stereocenters. The van der Waals surface area contributed by atoms with Gasteiger partial charge in [0.2, 0.25) is 5.92 Å². The van der Waals surface area contributed by atoms with Gasteiger partial charge in [-0.2, -0.15) is 13.2 Å². The first kappa shape index (κ1) is 14.2. The summed E-state index contributed by atoms with van der Waals surface area (Å²) in [6, 6.07) is 4.95. The molecule has 1 aromatic rings. The van der Waals surface area contributed by atoms with Gasteiger partial charge in [-0.05, 0) is 24.5 Å². The van der Waals surface area contributed by atoms with Gasteiger partial charge in [0.1, 0.15) is 0 Å². The second-order valence-corrected chi connectivity index (χ2v) is 5.06. The summed E-state index contributed by atoms with van der Waals surface area (Å²) in [6.07, 6.45) is -5.77. The summed E-state index contributed by atoms with van der Waals surface area (Å²) in [6.45, 7) is 0. The Labute approximate surface area is 107 Å². The first-order valence-electron chi connectivity index (χ1n) is 5.98. The van der Waals surface area contributed by atoms with Crippen molar-refractivity contribution in [1.29, 1.82) is 0 Å². The van der Waals surface area contributed by atoms with Crippen LogP contribution in [-0.2, 0) is 11.7 Å². The van der Waals surface area contributed by atoms with Crippen LogP contribution >= 0.6 is 0 Å². The van der Waals surface area contributed by atoms with Gasteiger partial charge in [0.05, 0.1) is 5.56 Å². The van der Waals surface area contributed by atoms with E-state index in [9.17, 15) is 22.0 Å². The third-order valence-electron chi connectivity index (χ3n) is 3.64. The topological polar surface area (TPSA) is 26.0 Å². The molecule has 19 heavy (non-hydrogen) atoms. The zero-order valence-corrected chi connectivity index (χ0v) is 10.1. The van der Waals surface area contributed by atoms with Gasteiger partial charge in [-0.25, -0.2) is 8.78 Å². The van der Waals surface area contributed by atoms with E-state index >= 15 is 0 Å². The molecule has 2 N–H and O–H groups in total. The third-order valence-corrected chi connectivity index (χ3v) is 3.64. The lowest BCUT2D eigenvalue weighted by atomic mass is 9.74. The largest absolute Gasteiger partial charge is 0.416 e. The van der Waals surface area contributed by atoms with Crippen LogP contribution in [0.5, 0.6) is 0 Å². The molecule has 1 aromatic carbocycles. The van der Waals surface area contributed by atoms with E-state index in [0.29, 0.717) is 0 Å². The summed E-state index contributed by atoms with van der Waals surface area (Å²) < 4.78 is 65.0. The minimum absolute atomic E-state index is 0.0852. The van der Waals surface area contributed by atoms with Crippen LogP contribution < -0.4 is 5.73 Å². The van der Waals surface area contributed by atoms with Crippen molar-refractivity contribution in [2.24, 2.45) is 5.73 Å². The summed E-state index contributed by atoms with van der Waals surface area (Å²) in [4.78, 5) is 0. The van der Waals surface area contributed by atoms with E-state index in [4.69, 9.17) is 5.73 Å². The van der Waals surface area contributed by atoms with Crippen LogP contribution in [0.1, 0.15) is 36.8 Å². The molecule has 2 rings (SSSR count). The first-order chi connectivity index (χ1) is 8.64. The zero-order valence-electron chi connectivity index (χ0n) is 10.1. The van der Waals surface area contributed by atoms with E-state index in [1.165, 1.54) is 18.2 Å². The Balaban J connectivity index is 2.37. The molecular weight excluding hydrogens is 265 g/mol. The van der Waals surface area contributed by atoms with Crippen molar-refractivity contribution >= 4 is 0 Å². The third kappa shape index (κ3) is 2.88. The summed E-state index contributed by atoms with van der Waals surface area (Å²) in [5.74, 6) is -2.82. The molecule has 6 heteroatoms. The molecule has 0 bridgehead atoms. The molecule has 1 aliphatic carbocycles. The number of hydrogen-bond acceptors (Lipinski definition) is 1. The van der Waals surface area contributed by atoms with Crippen LogP contribution in [0.3, 0.4) is 0 Å². The second kappa shape index (κ2) is 4.44. The minimum Gasteiger partial charge on any atom is -0.321 e. The van der Waals surface area contributed by atoms with E-state index in [2.05, 4.69) is 0 Å². The van der Waals surface area contributed by atoms with Crippen LogP contribution in [0.2, 0.25) is 0 Å². The van der Waals surface area contributed by atoms with Gasteiger partial charge in [-0.3, -0.25) is 0 Å². The zero-order chi connectivity index (χ0) is 14.3. The number of alkyl halides is 5. The van der Waals surface area contributed by atoms with Crippen molar-refractivity contribution in [1.82, 2.24) is 0 Å². The standard InChI is InChI=1S/C13H14F5N/c14-12(15)7-5-11(19,6-8-12)9-3-1-2-4-10(9)13(16,17)18/h1-4H,5-8,19H2. The Hall–Kier alpha value is -1.17. The van der Waals surface area contributed by atoms with Crippen molar-refractivity contribution < 1.29 is 22.0 Å². The lowest BCUT2D eigenvalue weighted by Gasteiger charge is -2.38. The highest BCUT2D eigenvalue weighted by atomic mass is 19.4. The molecule has 0 atom stereocenters. The normalized spacial score (nSPS) is 22.2. The Morgan fingerprint density at radius 2 is 1.47 bits per heavy atom. The molecular formula is C13H14F5N. The summed E-state index contributed by atoms with van der Waals surface area (Å²) >= 11 is 0. The fraction of sp³-hybridized carbons (Fsp3) is 0.538. The van der Waals surface area contributed by atoms with Gasteiger partial charge in [0, 0.05) is 18.4 Å². The lowest BCUT2D eigenvalue weighted by Crippen LogP contribution is -2.44. The molecule has 106 valence electrons. The molecule has 0 amide bonds. The number of halogens is 5. The molecule has 0 aromatic heterocycles. The van der Waals surface area contributed by atoms with Crippen molar-refractivity contribution in [3.8, 4) is 0 Å². The molecule has 0 spiro atoms. The fourth-order valence-electron chi connectivity index (χ4n) is 2.50. The highest BCUT2D eigenvalue weighted by Crippen LogP contribution is 2.45. The van der Waals surface area contributed by atoms with Crippen LogP contribution in [0.4, 0.5) is 22.0 Å².